The van der Waals surface area contributed by atoms with Crippen LogP contribution in [-0.2, 0) is 21.4 Å². The maximum Gasteiger partial charge on any atom is 0.221 e. The molecule has 2 saturated heterocycles. The summed E-state index contributed by atoms with van der Waals surface area (Å²) in [5.74, 6) is 0.170. The average Bonchev–Trinajstić information content (AvgIpc) is 2.82. The monoisotopic (exact) mass is 489 g/mol. The minimum Gasteiger partial charge on any atom is -0.496 e. The van der Waals surface area contributed by atoms with E-state index < -0.39 is 21.1 Å². The van der Waals surface area contributed by atoms with Gasteiger partial charge in [-0.05, 0) is 38.0 Å². The predicted octanol–water partition coefficient (Wildman–Crippen LogP) is 3.56. The molecule has 1 amide bonds. The van der Waals surface area contributed by atoms with Crippen LogP contribution in [0.25, 0.3) is 0 Å². The number of halogens is 1. The summed E-state index contributed by atoms with van der Waals surface area (Å²) in [4.78, 5) is 15.4. The van der Waals surface area contributed by atoms with Crippen molar-refractivity contribution in [2.45, 2.75) is 44.5 Å². The van der Waals surface area contributed by atoms with Crippen molar-refractivity contribution in [1.29, 1.82) is 0 Å². The number of para-hydroxylation sites is 1. The van der Waals surface area contributed by atoms with Gasteiger partial charge in [-0.1, -0.05) is 24.3 Å². The van der Waals surface area contributed by atoms with Gasteiger partial charge >= 0.3 is 0 Å². The van der Waals surface area contributed by atoms with E-state index in [0.29, 0.717) is 55.9 Å². The van der Waals surface area contributed by atoms with E-state index in [1.165, 1.54) is 17.5 Å². The van der Waals surface area contributed by atoms with Crippen LogP contribution in [0.3, 0.4) is 0 Å². The van der Waals surface area contributed by atoms with Crippen LogP contribution in [0.15, 0.2) is 42.5 Å². The van der Waals surface area contributed by atoms with Crippen LogP contribution in [0.4, 0.5) is 10.1 Å². The molecule has 0 saturated carbocycles. The number of hydrogen-bond donors (Lipinski definition) is 0. The Bertz CT molecular complexity index is 1150. The lowest BCUT2D eigenvalue weighted by Gasteiger charge is -2.38. The molecule has 2 aromatic carbocycles. The van der Waals surface area contributed by atoms with Gasteiger partial charge in [-0.25, -0.2) is 12.8 Å². The minimum atomic E-state index is -3.72. The second kappa shape index (κ2) is 9.92. The molecule has 0 unspecified atom stereocenters. The normalized spacial score (nSPS) is 23.1. The van der Waals surface area contributed by atoms with Crippen molar-refractivity contribution in [3.8, 4) is 5.75 Å². The van der Waals surface area contributed by atoms with Gasteiger partial charge in [0.2, 0.25) is 15.9 Å². The highest BCUT2D eigenvalue weighted by Crippen LogP contribution is 2.41. The zero-order valence-corrected chi connectivity index (χ0v) is 20.7. The van der Waals surface area contributed by atoms with Crippen molar-refractivity contribution in [3.05, 3.63) is 59.4 Å². The summed E-state index contributed by atoms with van der Waals surface area (Å²) in [5, 5.41) is -0.722. The number of sulfonamides is 1. The highest BCUT2D eigenvalue weighted by molar-refractivity contribution is 7.89. The van der Waals surface area contributed by atoms with E-state index in [-0.39, 0.29) is 18.5 Å². The number of nitrogens with zero attached hydrogens (tertiary/aromatic N) is 3. The van der Waals surface area contributed by atoms with Gasteiger partial charge in [0.25, 0.3) is 0 Å². The molecular weight excluding hydrogens is 457 g/mol. The van der Waals surface area contributed by atoms with Crippen LogP contribution < -0.4 is 9.64 Å². The number of hydrogen-bond acceptors (Lipinski definition) is 5. The number of rotatable bonds is 5. The Morgan fingerprint density at radius 2 is 1.79 bits per heavy atom. The number of ether oxygens (including phenoxy) is 1. The SMILES string of the molecule is COc1ccccc1[C@H]1CC[C@H](C)N(Cc2ccc(N3CCN(C(C)=O)CC3)cc2F)S1(=O)=O. The van der Waals surface area contributed by atoms with Crippen LogP contribution >= 0.6 is 0 Å². The molecule has 0 spiro atoms. The van der Waals surface area contributed by atoms with Gasteiger partial charge in [-0.15, -0.1) is 0 Å². The predicted molar refractivity (Wildman–Crippen MR) is 130 cm³/mol. The molecule has 0 radical (unpaired) electrons. The van der Waals surface area contributed by atoms with Gasteiger partial charge in [0.05, 0.1) is 7.11 Å². The summed E-state index contributed by atoms with van der Waals surface area (Å²) in [6.45, 7) is 5.89. The minimum absolute atomic E-state index is 0.0145. The van der Waals surface area contributed by atoms with Gasteiger partial charge in [0, 0.05) is 62.5 Å². The quantitative estimate of drug-likeness (QED) is 0.642. The van der Waals surface area contributed by atoms with Crippen LogP contribution in [0.1, 0.15) is 43.1 Å². The Labute approximate surface area is 201 Å². The molecule has 2 heterocycles. The lowest BCUT2D eigenvalue weighted by Crippen LogP contribution is -2.48. The van der Waals surface area contributed by atoms with Crippen molar-refractivity contribution in [1.82, 2.24) is 9.21 Å². The lowest BCUT2D eigenvalue weighted by atomic mass is 10.0. The number of carbonyl (C=O) groups excluding carboxylic acids is 1. The Hall–Kier alpha value is -2.65. The highest BCUT2D eigenvalue weighted by atomic mass is 32.2. The number of piperazine rings is 1. The molecule has 2 atom stereocenters. The summed E-state index contributed by atoms with van der Waals surface area (Å²) < 4.78 is 49.2. The summed E-state index contributed by atoms with van der Waals surface area (Å²) in [7, 11) is -2.19. The summed E-state index contributed by atoms with van der Waals surface area (Å²) in [6, 6.07) is 11.9. The first-order valence-electron chi connectivity index (χ1n) is 11.6. The molecule has 2 aromatic rings. The number of benzene rings is 2. The second-order valence-electron chi connectivity index (χ2n) is 9.02. The van der Waals surface area contributed by atoms with Crippen molar-refractivity contribution in [2.75, 3.05) is 38.2 Å². The molecule has 34 heavy (non-hydrogen) atoms. The van der Waals surface area contributed by atoms with Crippen LogP contribution in [0.2, 0.25) is 0 Å². The van der Waals surface area contributed by atoms with E-state index in [1.54, 1.807) is 30.0 Å². The van der Waals surface area contributed by atoms with E-state index in [0.717, 1.165) is 5.69 Å². The second-order valence-corrected chi connectivity index (χ2v) is 11.1. The van der Waals surface area contributed by atoms with Crippen molar-refractivity contribution in [3.63, 3.8) is 0 Å². The van der Waals surface area contributed by atoms with E-state index in [1.807, 2.05) is 30.0 Å². The summed E-state index contributed by atoms with van der Waals surface area (Å²) in [5.41, 5.74) is 1.73. The van der Waals surface area contributed by atoms with E-state index in [4.69, 9.17) is 4.74 Å². The summed E-state index contributed by atoms with van der Waals surface area (Å²) in [6.07, 6.45) is 1.18. The van der Waals surface area contributed by atoms with Gasteiger partial charge < -0.3 is 14.5 Å². The van der Waals surface area contributed by atoms with Crippen LogP contribution in [-0.4, -0.2) is 62.9 Å². The number of amides is 1. The fourth-order valence-electron chi connectivity index (χ4n) is 4.90. The van der Waals surface area contributed by atoms with E-state index in [2.05, 4.69) is 0 Å². The van der Waals surface area contributed by atoms with Crippen LogP contribution in [0.5, 0.6) is 5.75 Å². The summed E-state index contributed by atoms with van der Waals surface area (Å²) >= 11 is 0. The zero-order valence-electron chi connectivity index (χ0n) is 19.9. The fraction of sp³-hybridized carbons (Fsp3) is 0.480. The largest absolute Gasteiger partial charge is 0.496 e. The molecule has 4 rings (SSSR count). The molecule has 2 aliphatic rings. The fourth-order valence-corrected chi connectivity index (χ4v) is 7.11. The Morgan fingerprint density at radius 1 is 1.09 bits per heavy atom. The van der Waals surface area contributed by atoms with Gasteiger partial charge in [0.1, 0.15) is 16.8 Å². The lowest BCUT2D eigenvalue weighted by molar-refractivity contribution is -0.129. The number of anilines is 1. The zero-order chi connectivity index (χ0) is 24.5. The molecule has 0 aromatic heterocycles. The molecule has 184 valence electrons. The van der Waals surface area contributed by atoms with Crippen molar-refractivity contribution in [2.24, 2.45) is 0 Å². The van der Waals surface area contributed by atoms with Gasteiger partial charge in [-0.3, -0.25) is 4.79 Å². The first-order chi connectivity index (χ1) is 16.2. The maximum atomic E-state index is 15.2. The number of carbonyl (C=O) groups is 1. The van der Waals surface area contributed by atoms with Crippen LogP contribution in [0, 0.1) is 5.82 Å². The highest BCUT2D eigenvalue weighted by Gasteiger charge is 2.41. The molecule has 0 bridgehead atoms. The Balaban J connectivity index is 1.54. The standard InChI is InChI=1S/C25H32FN3O4S/c1-18-8-11-25(22-6-4-5-7-24(22)33-3)34(31,32)29(18)17-20-9-10-21(16-23(20)26)28-14-12-27(13-15-28)19(2)30/h4-7,9-10,16,18,25H,8,11-15,17H2,1-3H3/t18-,25+/m0/s1. The third-order valence-corrected chi connectivity index (χ3v) is 9.31. The first-order valence-corrected chi connectivity index (χ1v) is 13.1. The maximum absolute atomic E-state index is 15.2. The Morgan fingerprint density at radius 3 is 2.44 bits per heavy atom. The smallest absolute Gasteiger partial charge is 0.221 e. The first kappa shape index (κ1) is 24.5. The van der Waals surface area contributed by atoms with Crippen molar-refractivity contribution >= 4 is 21.6 Å². The van der Waals surface area contributed by atoms with E-state index in [9.17, 15) is 13.2 Å². The average molecular weight is 490 g/mol. The van der Waals surface area contributed by atoms with Gasteiger partial charge in [-0.2, -0.15) is 4.31 Å². The molecule has 7 nitrogen and oxygen atoms in total. The molecule has 0 N–H and O–H groups in total. The molecular formula is C25H32FN3O4S. The van der Waals surface area contributed by atoms with Crippen molar-refractivity contribution < 1.29 is 22.3 Å². The molecule has 0 aliphatic carbocycles. The molecule has 9 heteroatoms. The topological polar surface area (TPSA) is 70.2 Å². The van der Waals surface area contributed by atoms with E-state index >= 15 is 4.39 Å². The third kappa shape index (κ3) is 4.77. The molecule has 2 aliphatic heterocycles. The van der Waals surface area contributed by atoms with Gasteiger partial charge in [0.15, 0.2) is 0 Å². The number of methoxy groups -OCH3 is 1. The Kier molecular flexibility index (Phi) is 7.14. The third-order valence-electron chi connectivity index (χ3n) is 6.96. The molecule has 2 fully saturated rings.